The van der Waals surface area contributed by atoms with Crippen molar-refractivity contribution in [3.63, 3.8) is 0 Å². The number of nitrogens with zero attached hydrogens (tertiary/aromatic N) is 1. The Labute approximate surface area is 484 Å². The number of unbranched alkanes of at least 4 members (excludes halogenated alkanes) is 39. The summed E-state index contributed by atoms with van der Waals surface area (Å²) in [5, 5.41) is 3.04. The number of rotatable bonds is 61. The third-order valence-electron chi connectivity index (χ3n) is 15.0. The molecule has 3 unspecified atom stereocenters. The maximum absolute atomic E-state index is 13.6. The molecule has 0 aromatic rings. The molecule has 78 heavy (non-hydrogen) atoms. The van der Waals surface area contributed by atoms with E-state index in [0.717, 1.165) is 70.6 Å². The zero-order valence-corrected chi connectivity index (χ0v) is 53.3. The topological polar surface area (TPSA) is 114 Å². The number of esters is 1. The predicted molar refractivity (Wildman–Crippen MR) is 335 cm³/mol. The van der Waals surface area contributed by atoms with Gasteiger partial charge in [-0.15, -0.1) is 0 Å². The first-order chi connectivity index (χ1) is 37.9. The molecule has 0 heterocycles. The Morgan fingerprint density at radius 1 is 0.449 bits per heavy atom. The summed E-state index contributed by atoms with van der Waals surface area (Å²) in [6, 6.07) is -0.893. The van der Waals surface area contributed by atoms with E-state index < -0.39 is 26.6 Å². The summed E-state index contributed by atoms with van der Waals surface area (Å²) in [4.78, 5) is 40.0. The van der Waals surface area contributed by atoms with Crippen molar-refractivity contribution in [3.05, 3.63) is 48.6 Å². The third-order valence-corrected chi connectivity index (χ3v) is 15.9. The van der Waals surface area contributed by atoms with E-state index in [2.05, 4.69) is 62.5 Å². The number of carbonyl (C=O) groups excluding carboxylic acids is 2. The van der Waals surface area contributed by atoms with Gasteiger partial charge in [-0.1, -0.05) is 269 Å². The van der Waals surface area contributed by atoms with Crippen LogP contribution in [0.1, 0.15) is 323 Å². The normalized spacial score (nSPS) is 13.9. The molecule has 0 aromatic heterocycles. The van der Waals surface area contributed by atoms with Gasteiger partial charge >= 0.3 is 5.97 Å². The van der Waals surface area contributed by atoms with Gasteiger partial charge in [0.25, 0.3) is 7.82 Å². The van der Waals surface area contributed by atoms with Gasteiger partial charge in [-0.05, 0) is 89.5 Å². The van der Waals surface area contributed by atoms with Crippen LogP contribution in [0.4, 0.5) is 0 Å². The second-order valence-electron chi connectivity index (χ2n) is 24.0. The van der Waals surface area contributed by atoms with E-state index in [1.807, 2.05) is 33.3 Å². The predicted octanol–water partition coefficient (Wildman–Crippen LogP) is 20.2. The van der Waals surface area contributed by atoms with Gasteiger partial charge in [0.05, 0.1) is 33.8 Å². The van der Waals surface area contributed by atoms with Gasteiger partial charge < -0.3 is 28.5 Å². The van der Waals surface area contributed by atoms with E-state index in [9.17, 15) is 19.0 Å². The van der Waals surface area contributed by atoms with Crippen molar-refractivity contribution in [1.82, 2.24) is 5.32 Å². The average Bonchev–Trinajstić information content (AvgIpc) is 3.40. The molecule has 0 spiro atoms. The Bertz CT molecular complexity index is 1470. The van der Waals surface area contributed by atoms with Crippen molar-refractivity contribution >= 4 is 19.7 Å². The first kappa shape index (κ1) is 76.0. The largest absolute Gasteiger partial charge is 0.756 e. The maximum atomic E-state index is 13.6. The molecule has 0 aliphatic heterocycles. The second kappa shape index (κ2) is 58.2. The highest BCUT2D eigenvalue weighted by Crippen LogP contribution is 2.38. The SMILES string of the molecule is CCCCC/C=C\C/C=C\CCCCCCCCCCCCCCCCCC(=O)NC(COP(=O)([O-])OCC[N+](C)(C)C)C(/C=C\CCCCCCCCCCCCC)OC(=O)CCCCC/C=C\CCCCCCCCC. The summed E-state index contributed by atoms with van der Waals surface area (Å²) in [5.41, 5.74) is 0. The number of quaternary nitrogens is 1. The molecular formula is C68H129N2O7P. The van der Waals surface area contributed by atoms with Crippen molar-refractivity contribution < 1.29 is 37.3 Å². The smallest absolute Gasteiger partial charge is 0.306 e. The molecule has 0 saturated carbocycles. The molecule has 3 atom stereocenters. The molecule has 0 bridgehead atoms. The molecular weight excluding hydrogens is 988 g/mol. The van der Waals surface area contributed by atoms with Gasteiger partial charge in [0.1, 0.15) is 19.3 Å². The number of allylic oxidation sites excluding steroid dienone is 7. The van der Waals surface area contributed by atoms with E-state index in [4.69, 9.17) is 13.8 Å². The minimum atomic E-state index is -4.70. The maximum Gasteiger partial charge on any atom is 0.306 e. The summed E-state index contributed by atoms with van der Waals surface area (Å²) >= 11 is 0. The number of carbonyl (C=O) groups is 2. The Hall–Kier alpha value is -2.03. The lowest BCUT2D eigenvalue weighted by atomic mass is 10.0. The van der Waals surface area contributed by atoms with Crippen LogP contribution >= 0.6 is 7.82 Å². The van der Waals surface area contributed by atoms with E-state index in [-0.39, 0.29) is 24.9 Å². The molecule has 9 nitrogen and oxygen atoms in total. The molecule has 0 fully saturated rings. The minimum absolute atomic E-state index is 0.0233. The third kappa shape index (κ3) is 58.6. The number of amides is 1. The van der Waals surface area contributed by atoms with Crippen molar-refractivity contribution in [2.45, 2.75) is 335 Å². The van der Waals surface area contributed by atoms with Crippen LogP contribution in [0.2, 0.25) is 0 Å². The monoisotopic (exact) mass is 1120 g/mol. The molecule has 0 rings (SSSR count). The lowest BCUT2D eigenvalue weighted by Gasteiger charge is -2.30. The van der Waals surface area contributed by atoms with Crippen molar-refractivity contribution in [2.75, 3.05) is 40.9 Å². The number of hydrogen-bond donors (Lipinski definition) is 1. The minimum Gasteiger partial charge on any atom is -0.756 e. The van der Waals surface area contributed by atoms with E-state index >= 15 is 0 Å². The Morgan fingerprint density at radius 2 is 0.782 bits per heavy atom. The molecule has 458 valence electrons. The molecule has 0 aliphatic rings. The number of nitrogens with one attached hydrogen (secondary N) is 1. The van der Waals surface area contributed by atoms with Gasteiger partial charge in [0.2, 0.25) is 5.91 Å². The fraction of sp³-hybridized carbons (Fsp3) is 0.853. The number of hydrogen-bond acceptors (Lipinski definition) is 7. The van der Waals surface area contributed by atoms with Gasteiger partial charge in [0, 0.05) is 12.8 Å². The van der Waals surface area contributed by atoms with Crippen molar-refractivity contribution in [3.8, 4) is 0 Å². The first-order valence-electron chi connectivity index (χ1n) is 33.4. The fourth-order valence-corrected chi connectivity index (χ4v) is 10.5. The second-order valence-corrected chi connectivity index (χ2v) is 25.4. The highest BCUT2D eigenvalue weighted by Gasteiger charge is 2.27. The Balaban J connectivity index is 5.09. The average molecular weight is 1120 g/mol. The molecule has 1 amide bonds. The van der Waals surface area contributed by atoms with Crippen LogP contribution in [0.3, 0.4) is 0 Å². The molecule has 0 aliphatic carbocycles. The number of ether oxygens (including phenoxy) is 1. The van der Waals surface area contributed by atoms with Crippen LogP contribution in [0.5, 0.6) is 0 Å². The molecule has 1 N–H and O–H groups in total. The Morgan fingerprint density at radius 3 is 1.21 bits per heavy atom. The number of phosphoric acid groups is 1. The first-order valence-corrected chi connectivity index (χ1v) is 34.9. The zero-order chi connectivity index (χ0) is 57.2. The van der Waals surface area contributed by atoms with Crippen molar-refractivity contribution in [1.29, 1.82) is 0 Å². The molecule has 0 aromatic carbocycles. The van der Waals surface area contributed by atoms with Gasteiger partial charge in [0.15, 0.2) is 0 Å². The van der Waals surface area contributed by atoms with E-state index in [1.165, 1.54) is 212 Å². The van der Waals surface area contributed by atoms with Gasteiger partial charge in [-0.3, -0.25) is 14.2 Å². The van der Waals surface area contributed by atoms with Crippen molar-refractivity contribution in [2.24, 2.45) is 0 Å². The van der Waals surface area contributed by atoms with Crippen LogP contribution < -0.4 is 10.2 Å². The fourth-order valence-electron chi connectivity index (χ4n) is 9.78. The number of phosphoric ester groups is 1. The molecule has 0 saturated heterocycles. The van der Waals surface area contributed by atoms with E-state index in [1.54, 1.807) is 0 Å². The zero-order valence-electron chi connectivity index (χ0n) is 52.4. The quantitative estimate of drug-likeness (QED) is 0.0212. The summed E-state index contributed by atoms with van der Waals surface area (Å²) in [6.45, 7) is 6.84. The summed E-state index contributed by atoms with van der Waals surface area (Å²) < 4.78 is 30.4. The van der Waals surface area contributed by atoms with Crippen LogP contribution in [0.15, 0.2) is 48.6 Å². The summed E-state index contributed by atoms with van der Waals surface area (Å²) in [6.07, 6.45) is 72.3. The standard InChI is InChI=1S/C68H129N2O7P/c1-7-10-13-16-19-22-25-28-30-31-32-33-34-35-36-37-38-39-40-42-45-48-51-54-57-60-67(71)69-65(64-76-78(73,74)75-63-62-70(4,5)6)66(59-56-53-50-47-44-41-27-24-21-18-15-12-9-3)77-68(72)61-58-55-52-49-46-43-29-26-23-20-17-14-11-8-2/h19,22,28,30,43,46,56,59,65-66H,7-18,20-21,23-27,29,31-42,44-45,47-55,57-58,60-64H2,1-6H3,(H-,69,71,73,74)/b22-19-,30-28-,46-43-,59-56-. The molecule has 10 heteroatoms. The molecule has 0 radical (unpaired) electrons. The summed E-state index contributed by atoms with van der Waals surface area (Å²) in [7, 11) is 1.19. The van der Waals surface area contributed by atoms with Gasteiger partial charge in [-0.2, -0.15) is 0 Å². The van der Waals surface area contributed by atoms with Crippen LogP contribution in [0.25, 0.3) is 0 Å². The highest BCUT2D eigenvalue weighted by molar-refractivity contribution is 7.45. The van der Waals surface area contributed by atoms with E-state index in [0.29, 0.717) is 23.9 Å². The van der Waals surface area contributed by atoms with Crippen LogP contribution in [-0.4, -0.2) is 69.4 Å². The summed E-state index contributed by atoms with van der Waals surface area (Å²) in [5.74, 6) is -0.547. The van der Waals surface area contributed by atoms with Gasteiger partial charge in [-0.25, -0.2) is 0 Å². The Kier molecular flexibility index (Phi) is 56.7. The highest BCUT2D eigenvalue weighted by atomic mass is 31.2. The van der Waals surface area contributed by atoms with Crippen LogP contribution in [0, 0.1) is 0 Å². The van der Waals surface area contributed by atoms with Crippen LogP contribution in [-0.2, 0) is 27.9 Å². The lowest BCUT2D eigenvalue weighted by Crippen LogP contribution is -2.47. The lowest BCUT2D eigenvalue weighted by molar-refractivity contribution is -0.870. The number of likely N-dealkylation sites (N-methyl/N-ethyl adjacent to an activating group) is 1.